The predicted molar refractivity (Wildman–Crippen MR) is 126 cm³/mol. The number of rotatable bonds is 14. The first-order chi connectivity index (χ1) is 13.5. The average molecular weight is 404 g/mol. The quantitative estimate of drug-likeness (QED) is 0.279. The minimum absolute atomic E-state index is 0.0742. The van der Waals surface area contributed by atoms with Crippen molar-refractivity contribution in [3.63, 3.8) is 0 Å². The van der Waals surface area contributed by atoms with Crippen molar-refractivity contribution in [2.75, 3.05) is 0 Å². The number of allylic oxidation sites excluding steroid dienone is 4. The number of primary amides is 1. The van der Waals surface area contributed by atoms with E-state index in [4.69, 9.17) is 5.73 Å². The zero-order valence-electron chi connectivity index (χ0n) is 19.8. The number of amides is 1. The lowest BCUT2D eigenvalue weighted by Crippen LogP contribution is -2.31. The average Bonchev–Trinajstić information content (AvgIpc) is 2.67. The standard InChI is InChI=1S/C26H45NO2/c1-10-12-13-19(5)24(16-25(27)28)23(9)22(8)20(6)14-17(3)15-21(7)26(29)18(4)11-2/h10-13,15,18-24,26,29H,1-2,14,16H2,3-9H3,(H2,27,28)/b13-12-,17-15-. The lowest BCUT2D eigenvalue weighted by Gasteiger charge is -2.35. The van der Waals surface area contributed by atoms with Crippen molar-refractivity contribution in [3.8, 4) is 0 Å². The fourth-order valence-corrected chi connectivity index (χ4v) is 4.32. The van der Waals surface area contributed by atoms with Gasteiger partial charge in [0.2, 0.25) is 5.91 Å². The monoisotopic (exact) mass is 403 g/mol. The van der Waals surface area contributed by atoms with E-state index < -0.39 is 6.10 Å². The van der Waals surface area contributed by atoms with Crippen molar-refractivity contribution in [2.24, 2.45) is 47.2 Å². The van der Waals surface area contributed by atoms with E-state index in [1.807, 2.05) is 13.0 Å². The summed E-state index contributed by atoms with van der Waals surface area (Å²) in [6.45, 7) is 22.7. The first-order valence-electron chi connectivity index (χ1n) is 11.0. The maximum Gasteiger partial charge on any atom is 0.217 e. The van der Waals surface area contributed by atoms with Crippen LogP contribution in [0, 0.1) is 41.4 Å². The predicted octanol–water partition coefficient (Wildman–Crippen LogP) is 5.92. The molecule has 3 heteroatoms. The number of aliphatic hydroxyl groups is 1. The number of carbonyl (C=O) groups excluding carboxylic acids is 1. The van der Waals surface area contributed by atoms with Gasteiger partial charge in [-0.2, -0.15) is 0 Å². The zero-order chi connectivity index (χ0) is 22.7. The second-order valence-electron chi connectivity index (χ2n) is 9.17. The highest BCUT2D eigenvalue weighted by molar-refractivity contribution is 5.74. The van der Waals surface area contributed by atoms with Gasteiger partial charge in [0, 0.05) is 18.3 Å². The summed E-state index contributed by atoms with van der Waals surface area (Å²) in [6.07, 6.45) is 10.8. The Kier molecular flexibility index (Phi) is 12.8. The maximum atomic E-state index is 11.7. The van der Waals surface area contributed by atoms with Crippen LogP contribution in [-0.2, 0) is 4.79 Å². The van der Waals surface area contributed by atoms with Crippen LogP contribution < -0.4 is 5.73 Å². The molecule has 3 nitrogen and oxygen atoms in total. The Balaban J connectivity index is 5.20. The Morgan fingerprint density at radius 3 is 2.03 bits per heavy atom. The van der Waals surface area contributed by atoms with E-state index in [0.717, 1.165) is 6.42 Å². The summed E-state index contributed by atoms with van der Waals surface area (Å²) < 4.78 is 0. The van der Waals surface area contributed by atoms with Gasteiger partial charge in [-0.25, -0.2) is 0 Å². The Labute approximate surface area is 179 Å². The second-order valence-corrected chi connectivity index (χ2v) is 9.17. The number of hydrogen-bond acceptors (Lipinski definition) is 2. The molecule has 1 amide bonds. The van der Waals surface area contributed by atoms with Gasteiger partial charge in [0.05, 0.1) is 6.10 Å². The van der Waals surface area contributed by atoms with E-state index in [1.54, 1.807) is 12.2 Å². The van der Waals surface area contributed by atoms with Crippen LogP contribution in [0.25, 0.3) is 0 Å². The Morgan fingerprint density at radius 1 is 0.966 bits per heavy atom. The molecule has 0 saturated carbocycles. The number of carbonyl (C=O) groups is 1. The van der Waals surface area contributed by atoms with E-state index in [1.165, 1.54) is 5.57 Å². The molecule has 0 aromatic heterocycles. The third-order valence-corrected chi connectivity index (χ3v) is 6.71. The van der Waals surface area contributed by atoms with Gasteiger partial charge in [-0.05, 0) is 42.9 Å². The van der Waals surface area contributed by atoms with Gasteiger partial charge in [0.15, 0.2) is 0 Å². The third-order valence-electron chi connectivity index (χ3n) is 6.71. The molecule has 0 aliphatic heterocycles. The van der Waals surface area contributed by atoms with E-state index >= 15 is 0 Å². The molecule has 0 radical (unpaired) electrons. The highest BCUT2D eigenvalue weighted by Crippen LogP contribution is 2.36. The molecule has 0 heterocycles. The van der Waals surface area contributed by atoms with Crippen LogP contribution in [-0.4, -0.2) is 17.1 Å². The van der Waals surface area contributed by atoms with Crippen LogP contribution in [0.4, 0.5) is 0 Å². The largest absolute Gasteiger partial charge is 0.392 e. The van der Waals surface area contributed by atoms with Gasteiger partial charge in [-0.15, -0.1) is 6.58 Å². The molecule has 0 bridgehead atoms. The molecule has 0 saturated heterocycles. The highest BCUT2D eigenvalue weighted by atomic mass is 16.3. The topological polar surface area (TPSA) is 63.3 Å². The fourth-order valence-electron chi connectivity index (χ4n) is 4.32. The van der Waals surface area contributed by atoms with Crippen LogP contribution in [0.15, 0.2) is 49.1 Å². The molecule has 0 fully saturated rings. The number of nitrogens with two attached hydrogens (primary N) is 1. The van der Waals surface area contributed by atoms with Crippen LogP contribution in [0.1, 0.15) is 61.3 Å². The molecule has 0 aliphatic carbocycles. The molecule has 3 N–H and O–H groups in total. The van der Waals surface area contributed by atoms with Crippen LogP contribution in [0.2, 0.25) is 0 Å². The zero-order valence-corrected chi connectivity index (χ0v) is 19.8. The van der Waals surface area contributed by atoms with Crippen LogP contribution >= 0.6 is 0 Å². The van der Waals surface area contributed by atoms with Crippen molar-refractivity contribution in [3.05, 3.63) is 49.1 Å². The summed E-state index contributed by atoms with van der Waals surface area (Å²) in [4.78, 5) is 11.7. The first kappa shape index (κ1) is 27.4. The molecule has 0 rings (SSSR count). The third kappa shape index (κ3) is 9.62. The normalized spacial score (nSPS) is 20.9. The summed E-state index contributed by atoms with van der Waals surface area (Å²) in [6, 6.07) is 0. The summed E-state index contributed by atoms with van der Waals surface area (Å²) >= 11 is 0. The minimum Gasteiger partial charge on any atom is -0.392 e. The smallest absolute Gasteiger partial charge is 0.217 e. The number of aliphatic hydroxyl groups excluding tert-OH is 1. The van der Waals surface area contributed by atoms with Crippen molar-refractivity contribution in [1.82, 2.24) is 0 Å². The Hall–Kier alpha value is -1.61. The highest BCUT2D eigenvalue weighted by Gasteiger charge is 2.30. The van der Waals surface area contributed by atoms with Crippen molar-refractivity contribution >= 4 is 5.91 Å². The van der Waals surface area contributed by atoms with Crippen molar-refractivity contribution in [1.29, 1.82) is 0 Å². The minimum atomic E-state index is -0.411. The summed E-state index contributed by atoms with van der Waals surface area (Å²) in [5.74, 6) is 1.66. The van der Waals surface area contributed by atoms with E-state index in [9.17, 15) is 9.90 Å². The lowest BCUT2D eigenvalue weighted by atomic mass is 9.70. The van der Waals surface area contributed by atoms with E-state index in [-0.39, 0.29) is 29.6 Å². The van der Waals surface area contributed by atoms with Gasteiger partial charge in [0.25, 0.3) is 0 Å². The molecule has 0 aromatic carbocycles. The Bertz CT molecular complexity index is 577. The fraction of sp³-hybridized carbons (Fsp3) is 0.654. The molecule has 8 atom stereocenters. The maximum absolute atomic E-state index is 11.7. The summed E-state index contributed by atoms with van der Waals surface area (Å²) in [7, 11) is 0. The van der Waals surface area contributed by atoms with Gasteiger partial charge < -0.3 is 10.8 Å². The molecular formula is C26H45NO2. The van der Waals surface area contributed by atoms with E-state index in [0.29, 0.717) is 24.2 Å². The summed E-state index contributed by atoms with van der Waals surface area (Å²) in [5.41, 5.74) is 6.85. The molecule has 166 valence electrons. The summed E-state index contributed by atoms with van der Waals surface area (Å²) in [5, 5.41) is 10.4. The van der Waals surface area contributed by atoms with Gasteiger partial charge in [-0.1, -0.05) is 84.1 Å². The SMILES string of the molecule is C=C/C=C\C(C)C(CC(N)=O)C(C)C(C)C(C)C/C(C)=C\C(C)C(O)C(C)C=C. The van der Waals surface area contributed by atoms with E-state index in [2.05, 4.69) is 66.9 Å². The van der Waals surface area contributed by atoms with Crippen molar-refractivity contribution in [2.45, 2.75) is 67.4 Å². The molecule has 0 aromatic rings. The first-order valence-corrected chi connectivity index (χ1v) is 11.0. The van der Waals surface area contributed by atoms with Gasteiger partial charge in [0.1, 0.15) is 0 Å². The van der Waals surface area contributed by atoms with Crippen LogP contribution in [0.3, 0.4) is 0 Å². The molecule has 29 heavy (non-hydrogen) atoms. The molecule has 8 unspecified atom stereocenters. The van der Waals surface area contributed by atoms with Gasteiger partial charge >= 0.3 is 0 Å². The molecule has 0 aliphatic rings. The second kappa shape index (κ2) is 13.6. The van der Waals surface area contributed by atoms with Crippen molar-refractivity contribution < 1.29 is 9.90 Å². The van der Waals surface area contributed by atoms with Gasteiger partial charge in [-0.3, -0.25) is 4.79 Å². The number of hydrogen-bond donors (Lipinski definition) is 2. The molecule has 0 spiro atoms. The molecular weight excluding hydrogens is 358 g/mol. The lowest BCUT2D eigenvalue weighted by molar-refractivity contribution is -0.119. The Morgan fingerprint density at radius 2 is 1.55 bits per heavy atom. The van der Waals surface area contributed by atoms with Crippen LogP contribution in [0.5, 0.6) is 0 Å².